The van der Waals surface area contributed by atoms with Crippen LogP contribution >= 0.6 is 0 Å². The number of aromatic nitrogens is 1. The number of rotatable bonds is 9. The van der Waals surface area contributed by atoms with Crippen molar-refractivity contribution in [2.24, 2.45) is 0 Å². The van der Waals surface area contributed by atoms with Gasteiger partial charge in [0.1, 0.15) is 12.1 Å². The Hall–Kier alpha value is -3.69. The van der Waals surface area contributed by atoms with Gasteiger partial charge in [-0.05, 0) is 39.0 Å². The third-order valence-corrected chi connectivity index (χ3v) is 4.02. The second-order valence-corrected chi connectivity index (χ2v) is 6.12. The fraction of sp³-hybridized carbons (Fsp3) is 0.381. The molecule has 0 fully saturated rings. The highest BCUT2D eigenvalue weighted by molar-refractivity contribution is 5.94. The van der Waals surface area contributed by atoms with E-state index in [1.54, 1.807) is 20.8 Å². The fourth-order valence-corrected chi connectivity index (χ4v) is 2.75. The van der Waals surface area contributed by atoms with Gasteiger partial charge in [0.25, 0.3) is 0 Å². The molecule has 0 atom stereocenters. The minimum atomic E-state index is -0.880. The predicted molar refractivity (Wildman–Crippen MR) is 109 cm³/mol. The van der Waals surface area contributed by atoms with E-state index in [1.165, 1.54) is 16.8 Å². The molecule has 0 unspecified atom stereocenters. The van der Waals surface area contributed by atoms with Crippen LogP contribution in [0.5, 0.6) is 5.75 Å². The molecule has 1 heterocycles. The SMILES string of the molecule is CCOC(=O)COc1cc2c(=O)c(C(=O)OCC)cn(CC(=O)OCC)c2ccc1=O. The Bertz CT molecular complexity index is 1100. The average molecular weight is 433 g/mol. The molecule has 0 saturated carbocycles. The van der Waals surface area contributed by atoms with Gasteiger partial charge in [0.2, 0.25) is 10.9 Å². The molecule has 0 amide bonds. The lowest BCUT2D eigenvalue weighted by atomic mass is 10.1. The number of pyridine rings is 1. The van der Waals surface area contributed by atoms with Gasteiger partial charge >= 0.3 is 17.9 Å². The van der Waals surface area contributed by atoms with Crippen LogP contribution in [0.25, 0.3) is 10.9 Å². The van der Waals surface area contributed by atoms with E-state index in [0.717, 1.165) is 12.1 Å². The highest BCUT2D eigenvalue weighted by Crippen LogP contribution is 2.15. The van der Waals surface area contributed by atoms with E-state index in [2.05, 4.69) is 0 Å². The highest BCUT2D eigenvalue weighted by atomic mass is 16.6. The lowest BCUT2D eigenvalue weighted by molar-refractivity contribution is -0.145. The summed E-state index contributed by atoms with van der Waals surface area (Å²) in [5.41, 5.74) is -1.46. The smallest absolute Gasteiger partial charge is 0.344 e. The molecule has 0 bridgehead atoms. The number of esters is 3. The van der Waals surface area contributed by atoms with Crippen molar-refractivity contribution in [2.45, 2.75) is 27.3 Å². The van der Waals surface area contributed by atoms with Crippen molar-refractivity contribution in [3.05, 3.63) is 50.4 Å². The molecule has 0 spiro atoms. The number of nitrogens with zero attached hydrogens (tertiary/aromatic N) is 1. The Balaban J connectivity index is 2.69. The number of ether oxygens (including phenoxy) is 4. The zero-order valence-electron chi connectivity index (χ0n) is 17.5. The van der Waals surface area contributed by atoms with Crippen molar-refractivity contribution in [3.63, 3.8) is 0 Å². The lowest BCUT2D eigenvalue weighted by Crippen LogP contribution is -2.23. The Kier molecular flexibility index (Phi) is 8.30. The number of carbonyl (C=O) groups excluding carboxylic acids is 3. The molecule has 10 heteroatoms. The number of fused-ring (bicyclic) bond motifs is 1. The predicted octanol–water partition coefficient (Wildman–Crippen LogP) is 1.04. The molecule has 1 aromatic heterocycles. The summed E-state index contributed by atoms with van der Waals surface area (Å²) >= 11 is 0. The van der Waals surface area contributed by atoms with Crippen LogP contribution in [0.3, 0.4) is 0 Å². The van der Waals surface area contributed by atoms with Gasteiger partial charge in [0.15, 0.2) is 12.4 Å². The molecule has 10 nitrogen and oxygen atoms in total. The maximum absolute atomic E-state index is 13.0. The van der Waals surface area contributed by atoms with Gasteiger partial charge < -0.3 is 23.5 Å². The molecule has 2 rings (SSSR count). The first-order chi connectivity index (χ1) is 14.8. The van der Waals surface area contributed by atoms with E-state index >= 15 is 0 Å². The molecular formula is C21H23NO9. The number of hydrogen-bond donors (Lipinski definition) is 0. The van der Waals surface area contributed by atoms with Gasteiger partial charge in [0.05, 0.1) is 30.7 Å². The van der Waals surface area contributed by atoms with E-state index < -0.39 is 35.4 Å². The van der Waals surface area contributed by atoms with E-state index in [0.29, 0.717) is 0 Å². The normalized spacial score (nSPS) is 10.4. The minimum Gasteiger partial charge on any atom is -0.478 e. The summed E-state index contributed by atoms with van der Waals surface area (Å²) in [5.74, 6) is -2.46. The molecule has 0 saturated heterocycles. The molecular weight excluding hydrogens is 410 g/mol. The van der Waals surface area contributed by atoms with Gasteiger partial charge in [-0.2, -0.15) is 0 Å². The summed E-state index contributed by atoms with van der Waals surface area (Å²) in [7, 11) is 0. The van der Waals surface area contributed by atoms with Gasteiger partial charge in [-0.15, -0.1) is 0 Å². The molecule has 0 N–H and O–H groups in total. The zero-order valence-corrected chi connectivity index (χ0v) is 17.5. The molecule has 0 aliphatic heterocycles. The first-order valence-corrected chi connectivity index (χ1v) is 9.64. The molecule has 2 aromatic rings. The molecule has 166 valence electrons. The van der Waals surface area contributed by atoms with Crippen molar-refractivity contribution in [2.75, 3.05) is 26.4 Å². The zero-order chi connectivity index (χ0) is 23.0. The second-order valence-electron chi connectivity index (χ2n) is 6.12. The number of hydrogen-bond acceptors (Lipinski definition) is 9. The lowest BCUT2D eigenvalue weighted by Gasteiger charge is -2.11. The van der Waals surface area contributed by atoms with Crippen molar-refractivity contribution < 1.29 is 33.3 Å². The maximum Gasteiger partial charge on any atom is 0.344 e. The van der Waals surface area contributed by atoms with Crippen LogP contribution in [0, 0.1) is 0 Å². The quantitative estimate of drug-likeness (QED) is 0.421. The van der Waals surface area contributed by atoms with Crippen molar-refractivity contribution in [1.29, 1.82) is 0 Å². The Labute approximate surface area is 177 Å². The Morgan fingerprint density at radius 3 is 2.19 bits per heavy atom. The summed E-state index contributed by atoms with van der Waals surface area (Å²) in [6.07, 6.45) is 1.18. The Morgan fingerprint density at radius 1 is 0.903 bits per heavy atom. The Morgan fingerprint density at radius 2 is 1.55 bits per heavy atom. The molecule has 0 radical (unpaired) electrons. The number of carbonyl (C=O) groups is 3. The van der Waals surface area contributed by atoms with Crippen LogP contribution < -0.4 is 15.6 Å². The van der Waals surface area contributed by atoms with Crippen molar-refractivity contribution in [1.82, 2.24) is 4.57 Å². The third-order valence-electron chi connectivity index (χ3n) is 4.02. The van der Waals surface area contributed by atoms with Crippen LogP contribution in [0.4, 0.5) is 0 Å². The van der Waals surface area contributed by atoms with Crippen molar-refractivity contribution in [3.8, 4) is 5.75 Å². The maximum atomic E-state index is 13.0. The second kappa shape index (κ2) is 10.9. The largest absolute Gasteiger partial charge is 0.478 e. The van der Waals surface area contributed by atoms with Crippen LogP contribution in [0.1, 0.15) is 31.1 Å². The summed E-state index contributed by atoms with van der Waals surface area (Å²) in [6.45, 7) is 4.32. The first-order valence-electron chi connectivity index (χ1n) is 9.64. The molecule has 31 heavy (non-hydrogen) atoms. The molecule has 1 aromatic carbocycles. The summed E-state index contributed by atoms with van der Waals surface area (Å²) in [4.78, 5) is 61.2. The van der Waals surface area contributed by atoms with Gasteiger partial charge in [0, 0.05) is 6.20 Å². The van der Waals surface area contributed by atoms with Crippen LogP contribution in [-0.4, -0.2) is 48.9 Å². The summed E-state index contributed by atoms with van der Waals surface area (Å²) < 4.78 is 21.2. The standard InChI is InChI=1S/C21H23NO9/c1-4-28-18(24)11-22-10-14(21(27)30-6-3)20(26)13-9-17(16(23)8-7-15(13)22)31-12-19(25)29-5-2/h7-10H,4-6,11-12H2,1-3H3. The third kappa shape index (κ3) is 5.91. The van der Waals surface area contributed by atoms with Crippen molar-refractivity contribution >= 4 is 28.8 Å². The average Bonchev–Trinajstić information content (AvgIpc) is 2.88. The van der Waals surface area contributed by atoms with Gasteiger partial charge in [-0.1, -0.05) is 0 Å². The summed E-state index contributed by atoms with van der Waals surface area (Å²) in [6, 6.07) is 3.59. The van der Waals surface area contributed by atoms with E-state index in [1.807, 2.05) is 0 Å². The molecule has 0 aliphatic rings. The molecule has 0 aliphatic carbocycles. The minimum absolute atomic E-state index is 0.0371. The first kappa shape index (κ1) is 23.6. The summed E-state index contributed by atoms with van der Waals surface area (Å²) in [5, 5.41) is -0.0733. The fourth-order valence-electron chi connectivity index (χ4n) is 2.75. The van der Waals surface area contributed by atoms with Gasteiger partial charge in [-0.3, -0.25) is 14.4 Å². The topological polar surface area (TPSA) is 127 Å². The van der Waals surface area contributed by atoms with E-state index in [-0.39, 0.29) is 48.6 Å². The monoisotopic (exact) mass is 433 g/mol. The highest BCUT2D eigenvalue weighted by Gasteiger charge is 2.19. The van der Waals surface area contributed by atoms with E-state index in [9.17, 15) is 24.0 Å². The van der Waals surface area contributed by atoms with Crippen LogP contribution in [-0.2, 0) is 30.3 Å². The van der Waals surface area contributed by atoms with Gasteiger partial charge in [-0.25, -0.2) is 9.59 Å². The van der Waals surface area contributed by atoms with E-state index in [4.69, 9.17) is 18.9 Å². The van der Waals surface area contributed by atoms with Crippen LogP contribution in [0.15, 0.2) is 34.0 Å². The van der Waals surface area contributed by atoms with Crippen LogP contribution in [0.2, 0.25) is 0 Å².